The average molecular weight is 331 g/mol. The molecule has 0 amide bonds. The van der Waals surface area contributed by atoms with Crippen LogP contribution in [0.4, 0.5) is 0 Å². The molecule has 2 fully saturated rings. The fourth-order valence-electron chi connectivity index (χ4n) is 3.45. The maximum absolute atomic E-state index is 5.53. The van der Waals surface area contributed by atoms with Crippen molar-refractivity contribution in [3.05, 3.63) is 21.7 Å². The van der Waals surface area contributed by atoms with Crippen LogP contribution < -0.4 is 5.32 Å². The largest absolute Gasteiger partial charge is 0.454 e. The van der Waals surface area contributed by atoms with Crippen LogP contribution >= 0.6 is 22.6 Å². The molecule has 88 valence electrons. The Morgan fingerprint density at radius 1 is 1.31 bits per heavy atom. The molecule has 0 aliphatic heterocycles. The fourth-order valence-corrected chi connectivity index (χ4v) is 3.92. The standard InChI is InChI=1S/C13H18INO/c14-13-4-3-12(16-13)8-15-7-11-6-9-1-2-10(11)5-9/h3-4,9-11,15H,1-2,5-8H2. The van der Waals surface area contributed by atoms with Gasteiger partial charge in [-0.05, 0) is 78.3 Å². The highest BCUT2D eigenvalue weighted by molar-refractivity contribution is 14.1. The monoisotopic (exact) mass is 331 g/mol. The van der Waals surface area contributed by atoms with Gasteiger partial charge in [0.05, 0.1) is 6.54 Å². The van der Waals surface area contributed by atoms with Crippen LogP contribution in [0.15, 0.2) is 16.5 Å². The number of rotatable bonds is 4. The van der Waals surface area contributed by atoms with Crippen LogP contribution in [0, 0.1) is 21.5 Å². The zero-order valence-electron chi connectivity index (χ0n) is 9.42. The Morgan fingerprint density at radius 3 is 2.88 bits per heavy atom. The van der Waals surface area contributed by atoms with Crippen molar-refractivity contribution in [3.63, 3.8) is 0 Å². The zero-order chi connectivity index (χ0) is 11.0. The minimum Gasteiger partial charge on any atom is -0.454 e. The highest BCUT2D eigenvalue weighted by Gasteiger charge is 2.38. The van der Waals surface area contributed by atoms with E-state index in [9.17, 15) is 0 Å². The Morgan fingerprint density at radius 2 is 2.25 bits per heavy atom. The maximum Gasteiger partial charge on any atom is 0.164 e. The first-order chi connectivity index (χ1) is 7.81. The lowest BCUT2D eigenvalue weighted by Gasteiger charge is -2.21. The van der Waals surface area contributed by atoms with E-state index in [0.29, 0.717) is 0 Å². The van der Waals surface area contributed by atoms with E-state index in [4.69, 9.17) is 4.42 Å². The molecule has 2 aliphatic rings. The van der Waals surface area contributed by atoms with E-state index in [0.717, 1.165) is 33.8 Å². The summed E-state index contributed by atoms with van der Waals surface area (Å²) in [7, 11) is 0. The fraction of sp³-hybridized carbons (Fsp3) is 0.692. The van der Waals surface area contributed by atoms with Crippen LogP contribution in [0.3, 0.4) is 0 Å². The number of fused-ring (bicyclic) bond motifs is 2. The van der Waals surface area contributed by atoms with Crippen LogP contribution in [-0.4, -0.2) is 6.54 Å². The number of furan rings is 1. The smallest absolute Gasteiger partial charge is 0.164 e. The third-order valence-electron chi connectivity index (χ3n) is 4.22. The lowest BCUT2D eigenvalue weighted by molar-refractivity contribution is 0.313. The van der Waals surface area contributed by atoms with Gasteiger partial charge in [0.25, 0.3) is 0 Å². The predicted molar refractivity (Wildman–Crippen MR) is 72.1 cm³/mol. The van der Waals surface area contributed by atoms with Gasteiger partial charge in [0, 0.05) is 0 Å². The van der Waals surface area contributed by atoms with Crippen LogP contribution in [0.25, 0.3) is 0 Å². The second-order valence-corrected chi connectivity index (χ2v) is 6.33. The van der Waals surface area contributed by atoms with Crippen molar-refractivity contribution in [2.24, 2.45) is 17.8 Å². The molecule has 3 rings (SSSR count). The average Bonchev–Trinajstić information content (AvgIpc) is 2.94. The molecule has 2 nitrogen and oxygen atoms in total. The van der Waals surface area contributed by atoms with Gasteiger partial charge < -0.3 is 9.73 Å². The van der Waals surface area contributed by atoms with Gasteiger partial charge in [-0.25, -0.2) is 0 Å². The third-order valence-corrected chi connectivity index (χ3v) is 4.80. The van der Waals surface area contributed by atoms with E-state index in [1.807, 2.05) is 6.07 Å². The molecule has 2 aliphatic carbocycles. The SMILES string of the molecule is Ic1ccc(CNCC2CC3CCC2C3)o1. The lowest BCUT2D eigenvalue weighted by Crippen LogP contribution is -2.26. The Hall–Kier alpha value is -0.0300. The first-order valence-corrected chi connectivity index (χ1v) is 7.34. The van der Waals surface area contributed by atoms with Crippen molar-refractivity contribution >= 4 is 22.6 Å². The molecule has 16 heavy (non-hydrogen) atoms. The van der Waals surface area contributed by atoms with Gasteiger partial charge in [0.2, 0.25) is 0 Å². The van der Waals surface area contributed by atoms with Crippen LogP contribution in [0.2, 0.25) is 0 Å². The molecule has 1 heterocycles. The van der Waals surface area contributed by atoms with Gasteiger partial charge in [-0.2, -0.15) is 0 Å². The predicted octanol–water partition coefficient (Wildman–Crippen LogP) is 3.41. The van der Waals surface area contributed by atoms with Crippen LogP contribution in [0.1, 0.15) is 31.4 Å². The Bertz CT molecular complexity index is 363. The minimum absolute atomic E-state index is 0.886. The highest BCUT2D eigenvalue weighted by atomic mass is 127. The summed E-state index contributed by atoms with van der Waals surface area (Å²) >= 11 is 2.21. The van der Waals surface area contributed by atoms with Crippen molar-refractivity contribution in [1.82, 2.24) is 5.32 Å². The number of halogens is 1. The zero-order valence-corrected chi connectivity index (χ0v) is 11.6. The quantitative estimate of drug-likeness (QED) is 0.856. The Labute approximate surface area is 110 Å². The molecule has 0 aromatic carbocycles. The number of nitrogens with one attached hydrogen (secondary N) is 1. The molecule has 3 atom stereocenters. The molecule has 0 spiro atoms. The van der Waals surface area contributed by atoms with Gasteiger partial charge in [-0.1, -0.05) is 6.42 Å². The molecule has 0 radical (unpaired) electrons. The first-order valence-electron chi connectivity index (χ1n) is 6.26. The Kier molecular flexibility index (Phi) is 3.25. The molecule has 2 saturated carbocycles. The van der Waals surface area contributed by atoms with E-state index < -0.39 is 0 Å². The van der Waals surface area contributed by atoms with E-state index >= 15 is 0 Å². The summed E-state index contributed by atoms with van der Waals surface area (Å²) in [6, 6.07) is 4.09. The molecule has 3 unspecified atom stereocenters. The second kappa shape index (κ2) is 4.69. The van der Waals surface area contributed by atoms with Crippen molar-refractivity contribution in [3.8, 4) is 0 Å². The van der Waals surface area contributed by atoms with E-state index in [2.05, 4.69) is 34.0 Å². The molecule has 2 bridgehead atoms. The third kappa shape index (κ3) is 2.30. The van der Waals surface area contributed by atoms with E-state index in [1.54, 1.807) is 0 Å². The van der Waals surface area contributed by atoms with E-state index in [-0.39, 0.29) is 0 Å². The lowest BCUT2D eigenvalue weighted by atomic mass is 9.89. The summed E-state index contributed by atoms with van der Waals surface area (Å²) in [5.41, 5.74) is 0. The maximum atomic E-state index is 5.53. The summed E-state index contributed by atoms with van der Waals surface area (Å²) in [5, 5.41) is 3.54. The summed E-state index contributed by atoms with van der Waals surface area (Å²) in [6.07, 6.45) is 5.95. The minimum atomic E-state index is 0.886. The molecule has 1 aromatic rings. The Balaban J connectivity index is 1.44. The van der Waals surface area contributed by atoms with Crippen molar-refractivity contribution in [2.45, 2.75) is 32.2 Å². The van der Waals surface area contributed by atoms with Crippen LogP contribution in [0.5, 0.6) is 0 Å². The summed E-state index contributed by atoms with van der Waals surface area (Å²) in [4.78, 5) is 0. The van der Waals surface area contributed by atoms with Gasteiger partial charge in [0.1, 0.15) is 5.76 Å². The van der Waals surface area contributed by atoms with Crippen molar-refractivity contribution in [2.75, 3.05) is 6.54 Å². The summed E-state index contributed by atoms with van der Waals surface area (Å²) in [5.74, 6) is 4.08. The summed E-state index contributed by atoms with van der Waals surface area (Å²) < 4.78 is 6.52. The van der Waals surface area contributed by atoms with Crippen molar-refractivity contribution in [1.29, 1.82) is 0 Å². The number of hydrogen-bond acceptors (Lipinski definition) is 2. The van der Waals surface area contributed by atoms with Crippen LogP contribution in [-0.2, 0) is 6.54 Å². The molecule has 0 saturated heterocycles. The molecule has 1 N–H and O–H groups in total. The van der Waals surface area contributed by atoms with Crippen molar-refractivity contribution < 1.29 is 4.42 Å². The number of hydrogen-bond donors (Lipinski definition) is 1. The highest BCUT2D eigenvalue weighted by Crippen LogP contribution is 2.47. The van der Waals surface area contributed by atoms with Gasteiger partial charge in [-0.3, -0.25) is 0 Å². The first kappa shape index (κ1) is 11.1. The van der Waals surface area contributed by atoms with Gasteiger partial charge in [0.15, 0.2) is 3.77 Å². The second-order valence-electron chi connectivity index (χ2n) is 5.27. The normalized spacial score (nSPS) is 32.4. The summed E-state index contributed by atoms with van der Waals surface area (Å²) in [6.45, 7) is 2.06. The molecular formula is C13H18INO. The van der Waals surface area contributed by atoms with Gasteiger partial charge in [-0.15, -0.1) is 0 Å². The molecule has 3 heteroatoms. The van der Waals surface area contributed by atoms with E-state index in [1.165, 1.54) is 32.2 Å². The topological polar surface area (TPSA) is 25.2 Å². The van der Waals surface area contributed by atoms with Gasteiger partial charge >= 0.3 is 0 Å². The molecular weight excluding hydrogens is 313 g/mol. The molecule has 1 aromatic heterocycles.